The number of rotatable bonds is 5. The predicted molar refractivity (Wildman–Crippen MR) is 240 cm³/mol. The number of anilines is 8. The molecule has 1 aromatic heterocycles. The van der Waals surface area contributed by atoms with Gasteiger partial charge in [0.25, 0.3) is 0 Å². The lowest BCUT2D eigenvalue weighted by molar-refractivity contribution is 0.660. The molecule has 58 heavy (non-hydrogen) atoms. The molecule has 0 N–H and O–H groups in total. The Bertz CT molecular complexity index is 3110. The summed E-state index contributed by atoms with van der Waals surface area (Å²) in [4.78, 5) is 20.5. The molecule has 0 spiro atoms. The highest BCUT2D eigenvalue weighted by Crippen LogP contribution is 2.58. The van der Waals surface area contributed by atoms with E-state index in [-0.39, 0.29) is 10.8 Å². The van der Waals surface area contributed by atoms with Crippen LogP contribution in [0.25, 0.3) is 44.2 Å². The second-order valence-electron chi connectivity index (χ2n) is 15.8. The number of fused-ring (bicyclic) bond motifs is 7. The van der Waals surface area contributed by atoms with Crippen LogP contribution in [0.15, 0.2) is 191 Å². The van der Waals surface area contributed by atoms with Crippen molar-refractivity contribution >= 4 is 67.4 Å². The Hall–Kier alpha value is -7.37. The Morgan fingerprint density at radius 2 is 1.16 bits per heavy atom. The fourth-order valence-electron chi connectivity index (χ4n) is 9.23. The van der Waals surface area contributed by atoms with Crippen LogP contribution < -0.4 is 20.1 Å². The van der Waals surface area contributed by atoms with Crippen molar-refractivity contribution in [2.45, 2.75) is 19.3 Å². The summed E-state index contributed by atoms with van der Waals surface area (Å²) in [6, 6.07) is 63.6. The van der Waals surface area contributed by atoms with E-state index in [9.17, 15) is 4.79 Å². The molecule has 2 aliphatic rings. The van der Waals surface area contributed by atoms with Gasteiger partial charge in [-0.05, 0) is 124 Å². The van der Waals surface area contributed by atoms with Crippen LogP contribution in [0.1, 0.15) is 25.0 Å². The van der Waals surface area contributed by atoms with Crippen molar-refractivity contribution in [2.75, 3.05) is 21.7 Å². The van der Waals surface area contributed by atoms with Gasteiger partial charge < -0.3 is 19.1 Å². The van der Waals surface area contributed by atoms with Crippen molar-refractivity contribution in [3.05, 3.63) is 203 Å². The Kier molecular flexibility index (Phi) is 7.51. The van der Waals surface area contributed by atoms with E-state index in [0.717, 1.165) is 56.6 Å². The maximum atomic E-state index is 13.4. The average molecular weight is 750 g/mol. The van der Waals surface area contributed by atoms with Crippen LogP contribution in [0.4, 0.5) is 45.5 Å². The summed E-state index contributed by atoms with van der Waals surface area (Å²) in [5, 5.41) is 1.17. The van der Waals surface area contributed by atoms with E-state index in [4.69, 9.17) is 4.42 Å². The van der Waals surface area contributed by atoms with E-state index in [2.05, 4.69) is 175 Å². The molecule has 1 aliphatic carbocycles. The topological polar surface area (TPSA) is 39.9 Å². The summed E-state index contributed by atoms with van der Waals surface area (Å²) in [6.45, 7) is 4.68. The zero-order valence-electron chi connectivity index (χ0n) is 32.5. The van der Waals surface area contributed by atoms with Gasteiger partial charge in [-0.2, -0.15) is 0 Å². The Balaban J connectivity index is 1.11. The second-order valence-corrected chi connectivity index (χ2v) is 15.8. The molecule has 8 aromatic carbocycles. The quantitative estimate of drug-likeness (QED) is 0.164. The second kappa shape index (κ2) is 12.8. The highest BCUT2D eigenvalue weighted by Gasteiger charge is 2.39. The average Bonchev–Trinajstić information content (AvgIpc) is 3.49. The van der Waals surface area contributed by atoms with Gasteiger partial charge in [0.05, 0.1) is 33.5 Å². The van der Waals surface area contributed by atoms with E-state index >= 15 is 0 Å². The number of nitrogens with zero attached hydrogens (tertiary/aromatic N) is 3. The third kappa shape index (κ3) is 5.13. The molecule has 278 valence electrons. The van der Waals surface area contributed by atoms with Gasteiger partial charge in [0, 0.05) is 35.2 Å². The molecule has 5 nitrogen and oxygen atoms in total. The summed E-state index contributed by atoms with van der Waals surface area (Å²) in [7, 11) is 2.19. The molecule has 0 fully saturated rings. The van der Waals surface area contributed by atoms with E-state index < -0.39 is 0 Å². The van der Waals surface area contributed by atoms with Crippen molar-refractivity contribution in [1.29, 1.82) is 0 Å². The summed E-state index contributed by atoms with van der Waals surface area (Å²) in [5.74, 6) is 0. The third-order valence-electron chi connectivity index (χ3n) is 12.1. The van der Waals surface area contributed by atoms with Gasteiger partial charge >= 0.3 is 0 Å². The molecule has 0 saturated carbocycles. The highest BCUT2D eigenvalue weighted by molar-refractivity contribution is 6.02. The summed E-state index contributed by atoms with van der Waals surface area (Å²) in [5.41, 5.74) is 17.0. The van der Waals surface area contributed by atoms with Crippen molar-refractivity contribution in [3.8, 4) is 22.3 Å². The van der Waals surface area contributed by atoms with Crippen LogP contribution in [0.2, 0.25) is 0 Å². The molecule has 5 heteroatoms. The summed E-state index contributed by atoms with van der Waals surface area (Å²) in [6.07, 6.45) is 0. The first-order valence-electron chi connectivity index (χ1n) is 19.8. The first kappa shape index (κ1) is 33.9. The van der Waals surface area contributed by atoms with Gasteiger partial charge in [-0.15, -0.1) is 0 Å². The minimum atomic E-state index is -0.164. The Labute approximate surface area is 337 Å². The van der Waals surface area contributed by atoms with E-state index in [1.807, 2.05) is 42.5 Å². The summed E-state index contributed by atoms with van der Waals surface area (Å²) < 4.78 is 6.30. The van der Waals surface area contributed by atoms with Gasteiger partial charge in [-0.3, -0.25) is 4.79 Å². The standard InChI is InChI=1S/C53H39N3O2/c1-53(2)44-23-12-10-21-40(44)43-32-48-49(33-45(43)53)56(38-20-14-15-34(29-38)35-25-27-42-51(30-35)58-50-24-13-11-22-41(50)52(42)57)46-28-26-39(31-47(46)54(48)3)55(36-16-6-4-7-17-36)37-18-8-5-9-19-37/h4-33H,1-3H3. The third-order valence-corrected chi connectivity index (χ3v) is 12.1. The van der Waals surface area contributed by atoms with Crippen molar-refractivity contribution < 1.29 is 4.42 Å². The predicted octanol–water partition coefficient (Wildman–Crippen LogP) is 13.9. The van der Waals surface area contributed by atoms with Gasteiger partial charge in [0.1, 0.15) is 11.2 Å². The fourth-order valence-corrected chi connectivity index (χ4v) is 9.23. The molecule has 0 radical (unpaired) electrons. The van der Waals surface area contributed by atoms with E-state index in [0.29, 0.717) is 21.9 Å². The smallest absolute Gasteiger partial charge is 0.200 e. The van der Waals surface area contributed by atoms with E-state index in [1.165, 1.54) is 22.3 Å². The SMILES string of the molecule is CN1c2cc(N(c3ccccc3)c3ccccc3)ccc2N(c2cccc(-c3ccc4c(=O)c5ccccc5oc4c3)c2)c2cc3c(cc21)-c1ccccc1C3(C)C. The number of hydrogen-bond acceptors (Lipinski definition) is 5. The normalized spacial score (nSPS) is 13.6. The van der Waals surface area contributed by atoms with Crippen LogP contribution in [-0.4, -0.2) is 7.05 Å². The first-order chi connectivity index (χ1) is 28.3. The molecule has 0 atom stereocenters. The number of para-hydroxylation sites is 3. The maximum Gasteiger partial charge on any atom is 0.200 e. The Morgan fingerprint density at radius 1 is 0.483 bits per heavy atom. The molecule has 2 heterocycles. The number of hydrogen-bond donors (Lipinski definition) is 0. The lowest BCUT2D eigenvalue weighted by atomic mass is 9.82. The molecule has 0 bridgehead atoms. The minimum Gasteiger partial charge on any atom is -0.456 e. The van der Waals surface area contributed by atoms with Crippen LogP contribution in [-0.2, 0) is 5.41 Å². The molecule has 11 rings (SSSR count). The maximum absolute atomic E-state index is 13.4. The molecule has 0 amide bonds. The van der Waals surface area contributed by atoms with Gasteiger partial charge in [0.2, 0.25) is 5.43 Å². The molecule has 1 aliphatic heterocycles. The van der Waals surface area contributed by atoms with E-state index in [1.54, 1.807) is 0 Å². The van der Waals surface area contributed by atoms with Gasteiger partial charge in [-0.25, -0.2) is 0 Å². The van der Waals surface area contributed by atoms with Crippen LogP contribution in [0.5, 0.6) is 0 Å². The monoisotopic (exact) mass is 749 g/mol. The first-order valence-corrected chi connectivity index (χ1v) is 19.8. The zero-order valence-corrected chi connectivity index (χ0v) is 32.5. The molecule has 0 saturated heterocycles. The van der Waals surface area contributed by atoms with Crippen LogP contribution in [0, 0.1) is 0 Å². The highest BCUT2D eigenvalue weighted by atomic mass is 16.3. The lowest BCUT2D eigenvalue weighted by Gasteiger charge is -2.40. The lowest BCUT2D eigenvalue weighted by Crippen LogP contribution is -2.25. The molecule has 0 unspecified atom stereocenters. The number of benzene rings is 8. The largest absolute Gasteiger partial charge is 0.456 e. The van der Waals surface area contributed by atoms with Crippen LogP contribution >= 0.6 is 0 Å². The van der Waals surface area contributed by atoms with Gasteiger partial charge in [0.15, 0.2) is 0 Å². The fraction of sp³-hybridized carbons (Fsp3) is 0.0755. The van der Waals surface area contributed by atoms with Crippen LogP contribution in [0.3, 0.4) is 0 Å². The van der Waals surface area contributed by atoms with Crippen molar-refractivity contribution in [3.63, 3.8) is 0 Å². The molecule has 9 aromatic rings. The molecular formula is C53H39N3O2. The minimum absolute atomic E-state index is 0.0159. The molecular weight excluding hydrogens is 711 g/mol. The Morgan fingerprint density at radius 3 is 1.95 bits per heavy atom. The summed E-state index contributed by atoms with van der Waals surface area (Å²) >= 11 is 0. The zero-order chi connectivity index (χ0) is 39.1. The van der Waals surface area contributed by atoms with Crippen molar-refractivity contribution in [2.24, 2.45) is 0 Å². The van der Waals surface area contributed by atoms with Crippen molar-refractivity contribution in [1.82, 2.24) is 0 Å². The van der Waals surface area contributed by atoms with Gasteiger partial charge in [-0.1, -0.05) is 105 Å².